The lowest BCUT2D eigenvalue weighted by atomic mass is 10.1. The van der Waals surface area contributed by atoms with Crippen LogP contribution in [-0.4, -0.2) is 25.0 Å². The van der Waals surface area contributed by atoms with E-state index in [1.54, 1.807) is 11.0 Å². The summed E-state index contributed by atoms with van der Waals surface area (Å²) in [5.41, 5.74) is 2.30. The number of benzene rings is 1. The molecular formula is C14H13ClN6O. The van der Waals surface area contributed by atoms with Crippen LogP contribution in [-0.2, 0) is 13.1 Å². The third-order valence-electron chi connectivity index (χ3n) is 3.11. The van der Waals surface area contributed by atoms with Crippen LogP contribution in [0.25, 0.3) is 0 Å². The highest BCUT2D eigenvalue weighted by Crippen LogP contribution is 2.16. The number of H-pyrrole nitrogens is 1. The maximum absolute atomic E-state index is 11.3. The molecule has 0 amide bonds. The van der Waals surface area contributed by atoms with Crippen molar-refractivity contribution in [2.24, 2.45) is 0 Å². The second-order valence-corrected chi connectivity index (χ2v) is 5.07. The Hall–Kier alpha value is -2.67. The molecule has 2 heterocycles. The molecule has 22 heavy (non-hydrogen) atoms. The van der Waals surface area contributed by atoms with Gasteiger partial charge in [-0.3, -0.25) is 4.79 Å². The van der Waals surface area contributed by atoms with Gasteiger partial charge in [0.05, 0.1) is 18.4 Å². The molecule has 3 aromatic rings. The number of halogens is 1. The summed E-state index contributed by atoms with van der Waals surface area (Å²) >= 11 is 5.90. The van der Waals surface area contributed by atoms with Gasteiger partial charge in [-0.2, -0.15) is 10.2 Å². The van der Waals surface area contributed by atoms with E-state index in [-0.39, 0.29) is 5.02 Å². The van der Waals surface area contributed by atoms with Gasteiger partial charge in [0, 0.05) is 6.54 Å². The minimum absolute atomic E-state index is 0.109. The van der Waals surface area contributed by atoms with Crippen LogP contribution in [0.1, 0.15) is 11.1 Å². The highest BCUT2D eigenvalue weighted by Gasteiger charge is 2.04. The average Bonchev–Trinajstić information content (AvgIpc) is 3.03. The van der Waals surface area contributed by atoms with Crippen LogP contribution in [0.2, 0.25) is 5.02 Å². The van der Waals surface area contributed by atoms with Crippen molar-refractivity contribution >= 4 is 17.3 Å². The molecule has 0 aliphatic carbocycles. The minimum atomic E-state index is -0.408. The minimum Gasteiger partial charge on any atom is -0.378 e. The van der Waals surface area contributed by atoms with E-state index < -0.39 is 5.56 Å². The van der Waals surface area contributed by atoms with Crippen LogP contribution in [0.4, 0.5) is 5.69 Å². The van der Waals surface area contributed by atoms with Crippen LogP contribution in [0.15, 0.2) is 47.9 Å². The standard InChI is InChI=1S/C14H13ClN6O/c15-13-12(6-18-20-14(13)22)17-5-10-1-3-11(4-2-10)7-21-9-16-8-19-21/h1-4,6,8-9H,5,7H2,(H2,17,20,22). The maximum atomic E-state index is 11.3. The van der Waals surface area contributed by atoms with Crippen LogP contribution in [0.5, 0.6) is 0 Å². The van der Waals surface area contributed by atoms with E-state index >= 15 is 0 Å². The zero-order valence-corrected chi connectivity index (χ0v) is 12.3. The Balaban J connectivity index is 1.64. The Labute approximate surface area is 131 Å². The first-order valence-electron chi connectivity index (χ1n) is 6.59. The first-order valence-corrected chi connectivity index (χ1v) is 6.97. The number of hydrogen-bond donors (Lipinski definition) is 2. The number of anilines is 1. The molecule has 7 nitrogen and oxygen atoms in total. The highest BCUT2D eigenvalue weighted by atomic mass is 35.5. The fraction of sp³-hybridized carbons (Fsp3) is 0.143. The molecular weight excluding hydrogens is 304 g/mol. The predicted octanol–water partition coefficient (Wildman–Crippen LogP) is 1.68. The SMILES string of the molecule is O=c1[nH]ncc(NCc2ccc(Cn3cncn3)cc2)c1Cl. The number of nitrogens with zero attached hydrogens (tertiary/aromatic N) is 4. The van der Waals surface area contributed by atoms with E-state index in [9.17, 15) is 4.79 Å². The van der Waals surface area contributed by atoms with Crippen molar-refractivity contribution in [2.45, 2.75) is 13.1 Å². The molecule has 0 radical (unpaired) electrons. The van der Waals surface area contributed by atoms with Crippen molar-refractivity contribution in [3.63, 3.8) is 0 Å². The summed E-state index contributed by atoms with van der Waals surface area (Å²) in [6.45, 7) is 1.23. The molecule has 2 aromatic heterocycles. The molecule has 1 aromatic carbocycles. The van der Waals surface area contributed by atoms with Crippen LogP contribution >= 0.6 is 11.6 Å². The number of rotatable bonds is 5. The second kappa shape index (κ2) is 6.40. The Morgan fingerprint density at radius 2 is 2.00 bits per heavy atom. The third-order valence-corrected chi connectivity index (χ3v) is 3.49. The van der Waals surface area contributed by atoms with E-state index in [1.165, 1.54) is 12.5 Å². The van der Waals surface area contributed by atoms with E-state index in [4.69, 9.17) is 11.6 Å². The largest absolute Gasteiger partial charge is 0.378 e. The van der Waals surface area contributed by atoms with Gasteiger partial charge in [-0.15, -0.1) is 0 Å². The van der Waals surface area contributed by atoms with Crippen molar-refractivity contribution in [3.05, 3.63) is 69.6 Å². The van der Waals surface area contributed by atoms with Crippen molar-refractivity contribution in [2.75, 3.05) is 5.32 Å². The summed E-state index contributed by atoms with van der Waals surface area (Å²) in [6.07, 6.45) is 4.68. The Kier molecular flexibility index (Phi) is 4.15. The number of aromatic amines is 1. The topological polar surface area (TPSA) is 88.5 Å². The summed E-state index contributed by atoms with van der Waals surface area (Å²) in [5.74, 6) is 0. The van der Waals surface area contributed by atoms with Gasteiger partial charge < -0.3 is 5.32 Å². The van der Waals surface area contributed by atoms with Gasteiger partial charge in [-0.05, 0) is 11.1 Å². The zero-order valence-electron chi connectivity index (χ0n) is 11.5. The van der Waals surface area contributed by atoms with Crippen molar-refractivity contribution in [1.82, 2.24) is 25.0 Å². The van der Waals surface area contributed by atoms with Gasteiger partial charge in [0.25, 0.3) is 5.56 Å². The molecule has 0 aliphatic rings. The normalized spacial score (nSPS) is 10.6. The molecule has 0 saturated carbocycles. The van der Waals surface area contributed by atoms with Gasteiger partial charge in [0.1, 0.15) is 17.7 Å². The molecule has 0 aliphatic heterocycles. The molecule has 0 fully saturated rings. The van der Waals surface area contributed by atoms with Crippen molar-refractivity contribution in [1.29, 1.82) is 0 Å². The molecule has 0 saturated heterocycles. The van der Waals surface area contributed by atoms with Crippen LogP contribution in [0.3, 0.4) is 0 Å². The molecule has 0 bridgehead atoms. The smallest absolute Gasteiger partial charge is 0.285 e. The lowest BCUT2D eigenvalue weighted by Gasteiger charge is -2.08. The summed E-state index contributed by atoms with van der Waals surface area (Å²) in [7, 11) is 0. The predicted molar refractivity (Wildman–Crippen MR) is 82.8 cm³/mol. The van der Waals surface area contributed by atoms with Gasteiger partial charge in [0.2, 0.25) is 0 Å². The number of hydrogen-bond acceptors (Lipinski definition) is 5. The van der Waals surface area contributed by atoms with Gasteiger partial charge >= 0.3 is 0 Å². The fourth-order valence-electron chi connectivity index (χ4n) is 1.97. The molecule has 3 rings (SSSR count). The summed E-state index contributed by atoms with van der Waals surface area (Å²) in [5, 5.41) is 13.3. The zero-order chi connectivity index (χ0) is 15.4. The average molecular weight is 317 g/mol. The molecule has 0 spiro atoms. The number of nitrogens with one attached hydrogen (secondary N) is 2. The van der Waals surface area contributed by atoms with Crippen molar-refractivity contribution in [3.8, 4) is 0 Å². The lowest BCUT2D eigenvalue weighted by molar-refractivity contribution is 0.684. The van der Waals surface area contributed by atoms with Crippen LogP contribution < -0.4 is 10.9 Å². The Morgan fingerprint density at radius 1 is 1.23 bits per heavy atom. The fourth-order valence-corrected chi connectivity index (χ4v) is 2.13. The molecule has 0 atom stereocenters. The molecule has 8 heteroatoms. The van der Waals surface area contributed by atoms with Gasteiger partial charge in [-0.25, -0.2) is 14.8 Å². The quantitative estimate of drug-likeness (QED) is 0.747. The Bertz CT molecular complexity index is 797. The summed E-state index contributed by atoms with van der Waals surface area (Å²) in [4.78, 5) is 15.3. The summed E-state index contributed by atoms with van der Waals surface area (Å²) < 4.78 is 1.76. The first-order chi connectivity index (χ1) is 10.7. The Morgan fingerprint density at radius 3 is 2.73 bits per heavy atom. The van der Waals surface area contributed by atoms with E-state index in [0.717, 1.165) is 11.1 Å². The third kappa shape index (κ3) is 3.32. The van der Waals surface area contributed by atoms with Gasteiger partial charge in [0.15, 0.2) is 0 Å². The van der Waals surface area contributed by atoms with Gasteiger partial charge in [-0.1, -0.05) is 35.9 Å². The van der Waals surface area contributed by atoms with Crippen molar-refractivity contribution < 1.29 is 0 Å². The highest BCUT2D eigenvalue weighted by molar-refractivity contribution is 6.32. The maximum Gasteiger partial charge on any atom is 0.285 e. The number of aromatic nitrogens is 5. The molecule has 112 valence electrons. The lowest BCUT2D eigenvalue weighted by Crippen LogP contribution is -2.11. The van der Waals surface area contributed by atoms with Crippen LogP contribution in [0, 0.1) is 0 Å². The monoisotopic (exact) mass is 316 g/mol. The first kappa shape index (κ1) is 14.3. The van der Waals surface area contributed by atoms with E-state index in [1.807, 2.05) is 24.3 Å². The van der Waals surface area contributed by atoms with E-state index in [0.29, 0.717) is 18.8 Å². The molecule has 0 unspecified atom stereocenters. The molecule has 2 N–H and O–H groups in total. The summed E-state index contributed by atoms with van der Waals surface area (Å²) in [6, 6.07) is 8.06. The van der Waals surface area contributed by atoms with E-state index in [2.05, 4.69) is 25.6 Å². The second-order valence-electron chi connectivity index (χ2n) is 4.69.